The molecule has 0 heterocycles. The van der Waals surface area contributed by atoms with Crippen molar-refractivity contribution in [3.8, 4) is 0 Å². The Hall–Kier alpha value is -0.511. The van der Waals surface area contributed by atoms with Crippen LogP contribution in [0.2, 0.25) is 0 Å². The molecule has 0 saturated carbocycles. The van der Waals surface area contributed by atoms with Gasteiger partial charge in [0.1, 0.15) is 0 Å². The molecule has 1 rings (SSSR count). The average molecular weight is 241 g/mol. The van der Waals surface area contributed by atoms with Crippen LogP contribution in [0.4, 0.5) is 0 Å². The quantitative estimate of drug-likeness (QED) is 0.554. The molecule has 10 heavy (non-hydrogen) atoms. The van der Waals surface area contributed by atoms with E-state index in [1.165, 1.54) is 3.58 Å². The van der Waals surface area contributed by atoms with Gasteiger partial charge in [-0.3, -0.25) is 0 Å². The summed E-state index contributed by atoms with van der Waals surface area (Å²) in [6.45, 7) is 0.527. The first-order valence-corrected chi connectivity index (χ1v) is 5.43. The monoisotopic (exact) mass is 242 g/mol. The van der Waals surface area contributed by atoms with Crippen molar-refractivity contribution in [3.63, 3.8) is 0 Å². The van der Waals surface area contributed by atoms with Crippen LogP contribution in [-0.2, 0) is 7.87 Å². The fourth-order valence-electron chi connectivity index (χ4n) is 0.598. The van der Waals surface area contributed by atoms with Gasteiger partial charge in [-0.1, -0.05) is 0 Å². The minimum atomic E-state index is -1.04. The molecule has 0 spiro atoms. The second-order valence-electron chi connectivity index (χ2n) is 1.68. The summed E-state index contributed by atoms with van der Waals surface area (Å²) in [4.78, 5) is 9.80. The molecule has 50 valence electrons. The van der Waals surface area contributed by atoms with Crippen LogP contribution in [0.1, 0.15) is 0 Å². The van der Waals surface area contributed by atoms with Crippen molar-refractivity contribution in [2.24, 2.45) is 0 Å². The molecular weight excluding hydrogens is 235 g/mol. The number of rotatable bonds is 3. The molecule has 0 N–H and O–H groups in total. The van der Waals surface area contributed by atoms with Gasteiger partial charge >= 0.3 is 69.8 Å². The number of hydrogen-bond acceptors (Lipinski definition) is 2. The maximum absolute atomic E-state index is 9.80. The SMILES string of the molecule is O=C[O][Sn][c]1ccccc1. The van der Waals surface area contributed by atoms with Crippen molar-refractivity contribution in [3.05, 3.63) is 30.3 Å². The van der Waals surface area contributed by atoms with Gasteiger partial charge in [0.25, 0.3) is 0 Å². The van der Waals surface area contributed by atoms with Crippen LogP contribution in [0, 0.1) is 0 Å². The number of hydrogen-bond donors (Lipinski definition) is 0. The van der Waals surface area contributed by atoms with E-state index in [0.29, 0.717) is 6.47 Å². The molecule has 0 amide bonds. The summed E-state index contributed by atoms with van der Waals surface area (Å²) in [5.74, 6) is 0. The molecule has 2 nitrogen and oxygen atoms in total. The van der Waals surface area contributed by atoms with Gasteiger partial charge in [0, 0.05) is 0 Å². The first kappa shape index (κ1) is 7.59. The van der Waals surface area contributed by atoms with Gasteiger partial charge in [0.2, 0.25) is 0 Å². The first-order chi connectivity index (χ1) is 4.93. The molecule has 0 fully saturated rings. The van der Waals surface area contributed by atoms with E-state index in [4.69, 9.17) is 3.07 Å². The van der Waals surface area contributed by atoms with E-state index < -0.39 is 21.6 Å². The van der Waals surface area contributed by atoms with E-state index in [0.717, 1.165) is 0 Å². The van der Waals surface area contributed by atoms with Gasteiger partial charge in [-0.2, -0.15) is 0 Å². The standard InChI is InChI=1S/C6H5.CH2O2.Sn/c1-2-4-6-5-3-1;2-1-3;/h1-5H;1H,(H,2,3);/q;;+1/p-1. The topological polar surface area (TPSA) is 26.3 Å². The molecule has 0 aliphatic carbocycles. The summed E-state index contributed by atoms with van der Waals surface area (Å²) >= 11 is -1.04. The molecule has 0 bridgehead atoms. The fourth-order valence-corrected chi connectivity index (χ4v) is 2.06. The number of carbonyl (C=O) groups excluding carboxylic acids is 1. The van der Waals surface area contributed by atoms with Crippen LogP contribution in [-0.4, -0.2) is 28.0 Å². The Labute approximate surface area is 70.0 Å². The van der Waals surface area contributed by atoms with E-state index in [9.17, 15) is 4.79 Å². The van der Waals surface area contributed by atoms with Gasteiger partial charge in [-0.15, -0.1) is 0 Å². The zero-order chi connectivity index (χ0) is 7.23. The van der Waals surface area contributed by atoms with E-state index in [1.54, 1.807) is 0 Å². The van der Waals surface area contributed by atoms with Crippen LogP contribution in [0.5, 0.6) is 0 Å². The van der Waals surface area contributed by atoms with Crippen LogP contribution in [0.15, 0.2) is 30.3 Å². The van der Waals surface area contributed by atoms with Crippen molar-refractivity contribution in [1.82, 2.24) is 0 Å². The molecule has 1 aromatic carbocycles. The summed E-state index contributed by atoms with van der Waals surface area (Å²) in [5.41, 5.74) is 0. The first-order valence-electron chi connectivity index (χ1n) is 2.84. The Bertz CT molecular complexity index is 198. The van der Waals surface area contributed by atoms with Gasteiger partial charge < -0.3 is 0 Å². The Balaban J connectivity index is 2.50. The number of benzene rings is 1. The Morgan fingerprint density at radius 2 is 2.00 bits per heavy atom. The van der Waals surface area contributed by atoms with Crippen molar-refractivity contribution in [1.29, 1.82) is 0 Å². The zero-order valence-electron chi connectivity index (χ0n) is 5.28. The molecule has 0 aliphatic rings. The van der Waals surface area contributed by atoms with E-state index in [-0.39, 0.29) is 0 Å². The third kappa shape index (κ3) is 2.39. The summed E-state index contributed by atoms with van der Waals surface area (Å²) in [5, 5.41) is 0. The summed E-state index contributed by atoms with van der Waals surface area (Å²) in [6, 6.07) is 9.81. The summed E-state index contributed by atoms with van der Waals surface area (Å²) in [7, 11) is 0. The molecular formula is C7H6O2Sn. The Kier molecular flexibility index (Phi) is 3.29. The van der Waals surface area contributed by atoms with Crippen molar-refractivity contribution in [2.75, 3.05) is 0 Å². The molecule has 0 saturated heterocycles. The predicted octanol–water partition coefficient (Wildman–Crippen LogP) is 0.104. The van der Waals surface area contributed by atoms with Crippen LogP contribution in [0.3, 0.4) is 0 Å². The van der Waals surface area contributed by atoms with Gasteiger partial charge in [0.15, 0.2) is 0 Å². The third-order valence-corrected chi connectivity index (χ3v) is 3.23. The van der Waals surface area contributed by atoms with E-state index in [1.807, 2.05) is 30.3 Å². The Morgan fingerprint density at radius 3 is 2.60 bits per heavy atom. The maximum atomic E-state index is 9.80. The van der Waals surface area contributed by atoms with Gasteiger partial charge in [-0.25, -0.2) is 0 Å². The van der Waals surface area contributed by atoms with Crippen molar-refractivity contribution in [2.45, 2.75) is 0 Å². The molecule has 0 aliphatic heterocycles. The van der Waals surface area contributed by atoms with Crippen molar-refractivity contribution < 1.29 is 7.87 Å². The fraction of sp³-hybridized carbons (Fsp3) is 0. The Morgan fingerprint density at radius 1 is 1.30 bits per heavy atom. The van der Waals surface area contributed by atoms with Gasteiger partial charge in [0.05, 0.1) is 0 Å². The number of carbonyl (C=O) groups is 1. The second kappa shape index (κ2) is 4.33. The molecule has 0 unspecified atom stereocenters. The molecule has 2 radical (unpaired) electrons. The summed E-state index contributed by atoms with van der Waals surface area (Å²) < 4.78 is 5.89. The normalized spacial score (nSPS) is 8.80. The summed E-state index contributed by atoms with van der Waals surface area (Å²) in [6.07, 6.45) is 0. The van der Waals surface area contributed by atoms with E-state index >= 15 is 0 Å². The van der Waals surface area contributed by atoms with Crippen molar-refractivity contribution >= 4 is 31.6 Å². The predicted molar refractivity (Wildman–Crippen MR) is 39.0 cm³/mol. The van der Waals surface area contributed by atoms with Crippen LogP contribution < -0.4 is 3.58 Å². The molecule has 0 aromatic heterocycles. The second-order valence-corrected chi connectivity index (χ2v) is 4.59. The molecule has 1 aromatic rings. The average Bonchev–Trinajstić information content (AvgIpc) is 2.03. The van der Waals surface area contributed by atoms with Crippen LogP contribution >= 0.6 is 0 Å². The third-order valence-electron chi connectivity index (χ3n) is 0.999. The minimum absolute atomic E-state index is 0.527. The zero-order valence-corrected chi connectivity index (χ0v) is 8.13. The molecule has 3 heteroatoms. The molecule has 0 atom stereocenters. The van der Waals surface area contributed by atoms with Gasteiger partial charge in [-0.05, 0) is 0 Å². The van der Waals surface area contributed by atoms with Crippen LogP contribution in [0.25, 0.3) is 0 Å². The van der Waals surface area contributed by atoms with E-state index in [2.05, 4.69) is 0 Å².